The van der Waals surface area contributed by atoms with Gasteiger partial charge in [0.15, 0.2) is 0 Å². The average molecular weight is 243 g/mol. The normalized spacial score (nSPS) is 14.4. The van der Waals surface area contributed by atoms with Crippen LogP contribution in [0.3, 0.4) is 0 Å². The lowest BCUT2D eigenvalue weighted by Gasteiger charge is -2.21. The second kappa shape index (κ2) is 4.94. The summed E-state index contributed by atoms with van der Waals surface area (Å²) < 4.78 is 0. The molecule has 3 N–H and O–H groups in total. The van der Waals surface area contributed by atoms with Crippen LogP contribution in [-0.2, 0) is 5.54 Å². The highest BCUT2D eigenvalue weighted by Crippen LogP contribution is 2.25. The quantitative estimate of drug-likeness (QED) is 0.865. The maximum absolute atomic E-state index is 6.28. The van der Waals surface area contributed by atoms with Crippen LogP contribution in [-0.4, -0.2) is 9.97 Å². The number of aromatic nitrogens is 2. The minimum absolute atomic E-state index is 0.379. The molecule has 0 aliphatic heterocycles. The van der Waals surface area contributed by atoms with Crippen molar-refractivity contribution in [3.8, 4) is 11.3 Å². The monoisotopic (exact) mass is 243 g/mol. The SMILES string of the molecule is CCCC(C)(N)c1ncc(-c2ccccc2C)[nH]1. The van der Waals surface area contributed by atoms with E-state index in [0.717, 1.165) is 24.4 Å². The van der Waals surface area contributed by atoms with Crippen LogP contribution in [0, 0.1) is 6.92 Å². The lowest BCUT2D eigenvalue weighted by molar-refractivity contribution is 0.423. The third-order valence-electron chi connectivity index (χ3n) is 3.32. The lowest BCUT2D eigenvalue weighted by atomic mass is 9.97. The fraction of sp³-hybridized carbons (Fsp3) is 0.400. The molecule has 3 heteroatoms. The van der Waals surface area contributed by atoms with Gasteiger partial charge in [0.25, 0.3) is 0 Å². The number of rotatable bonds is 4. The van der Waals surface area contributed by atoms with Gasteiger partial charge in [-0.2, -0.15) is 0 Å². The summed E-state index contributed by atoms with van der Waals surface area (Å²) >= 11 is 0. The molecule has 1 heterocycles. The molecule has 0 spiro atoms. The predicted molar refractivity (Wildman–Crippen MR) is 75.2 cm³/mol. The lowest BCUT2D eigenvalue weighted by Crippen LogP contribution is -2.34. The fourth-order valence-electron chi connectivity index (χ4n) is 2.26. The van der Waals surface area contributed by atoms with Crippen molar-refractivity contribution < 1.29 is 0 Å². The maximum Gasteiger partial charge on any atom is 0.126 e. The van der Waals surface area contributed by atoms with Crippen molar-refractivity contribution in [2.45, 2.75) is 39.2 Å². The molecule has 0 bridgehead atoms. The molecule has 1 aromatic heterocycles. The van der Waals surface area contributed by atoms with Gasteiger partial charge < -0.3 is 10.7 Å². The molecule has 0 fully saturated rings. The number of aromatic amines is 1. The van der Waals surface area contributed by atoms with Gasteiger partial charge in [-0.3, -0.25) is 0 Å². The zero-order valence-corrected chi connectivity index (χ0v) is 11.3. The fourth-order valence-corrected chi connectivity index (χ4v) is 2.26. The Balaban J connectivity index is 2.34. The second-order valence-corrected chi connectivity index (χ2v) is 5.13. The average Bonchev–Trinajstić information content (AvgIpc) is 2.79. The van der Waals surface area contributed by atoms with Crippen LogP contribution >= 0.6 is 0 Å². The van der Waals surface area contributed by atoms with E-state index >= 15 is 0 Å². The molecule has 2 aromatic rings. The van der Waals surface area contributed by atoms with E-state index in [4.69, 9.17) is 5.73 Å². The number of nitrogens with zero attached hydrogens (tertiary/aromatic N) is 1. The Morgan fingerprint density at radius 3 is 2.72 bits per heavy atom. The molecule has 0 aliphatic rings. The summed E-state index contributed by atoms with van der Waals surface area (Å²) in [6.07, 6.45) is 3.85. The Bertz CT molecular complexity index is 526. The third kappa shape index (κ3) is 2.46. The number of hydrogen-bond acceptors (Lipinski definition) is 2. The third-order valence-corrected chi connectivity index (χ3v) is 3.32. The van der Waals surface area contributed by atoms with Crippen LogP contribution in [0.2, 0.25) is 0 Å². The van der Waals surface area contributed by atoms with Gasteiger partial charge in [0.2, 0.25) is 0 Å². The maximum atomic E-state index is 6.28. The zero-order chi connectivity index (χ0) is 13.2. The number of benzene rings is 1. The largest absolute Gasteiger partial charge is 0.340 e. The molecule has 96 valence electrons. The van der Waals surface area contributed by atoms with Crippen molar-refractivity contribution in [3.63, 3.8) is 0 Å². The van der Waals surface area contributed by atoms with E-state index in [2.05, 4.69) is 35.9 Å². The molecular formula is C15H21N3. The van der Waals surface area contributed by atoms with Crippen molar-refractivity contribution in [2.24, 2.45) is 5.73 Å². The summed E-state index contributed by atoms with van der Waals surface area (Å²) in [6, 6.07) is 8.28. The van der Waals surface area contributed by atoms with E-state index in [1.54, 1.807) is 0 Å². The van der Waals surface area contributed by atoms with E-state index < -0.39 is 0 Å². The molecule has 2 rings (SSSR count). The van der Waals surface area contributed by atoms with Crippen LogP contribution in [0.4, 0.5) is 0 Å². The summed E-state index contributed by atoms with van der Waals surface area (Å²) in [5.74, 6) is 0.864. The molecule has 0 aliphatic carbocycles. The summed E-state index contributed by atoms with van der Waals surface area (Å²) in [5.41, 5.74) is 9.36. The number of hydrogen-bond donors (Lipinski definition) is 2. The molecule has 1 aromatic carbocycles. The van der Waals surface area contributed by atoms with Gasteiger partial charge >= 0.3 is 0 Å². The summed E-state index contributed by atoms with van der Waals surface area (Å²) in [4.78, 5) is 7.80. The molecule has 1 atom stereocenters. The standard InChI is InChI=1S/C15H21N3/c1-4-9-15(3,16)14-17-10-13(18-14)12-8-6-5-7-11(12)2/h5-8,10H,4,9,16H2,1-3H3,(H,17,18). The molecule has 3 nitrogen and oxygen atoms in total. The van der Waals surface area contributed by atoms with E-state index in [-0.39, 0.29) is 5.54 Å². The Kier molecular flexibility index (Phi) is 3.53. The van der Waals surface area contributed by atoms with Gasteiger partial charge in [0.1, 0.15) is 5.82 Å². The van der Waals surface area contributed by atoms with E-state index in [0.29, 0.717) is 0 Å². The first kappa shape index (κ1) is 12.8. The van der Waals surface area contributed by atoms with Gasteiger partial charge in [-0.05, 0) is 25.8 Å². The molecular weight excluding hydrogens is 222 g/mol. The van der Waals surface area contributed by atoms with Crippen molar-refractivity contribution in [2.75, 3.05) is 0 Å². The summed E-state index contributed by atoms with van der Waals surface area (Å²) in [5, 5.41) is 0. The number of nitrogens with one attached hydrogen (secondary N) is 1. The first-order chi connectivity index (χ1) is 8.54. The predicted octanol–water partition coefficient (Wildman–Crippen LogP) is 3.36. The topological polar surface area (TPSA) is 54.7 Å². The van der Waals surface area contributed by atoms with Crippen LogP contribution < -0.4 is 5.73 Å². The minimum Gasteiger partial charge on any atom is -0.340 e. The molecule has 1 unspecified atom stereocenters. The Morgan fingerprint density at radius 1 is 1.33 bits per heavy atom. The molecule has 18 heavy (non-hydrogen) atoms. The van der Waals surface area contributed by atoms with Crippen LogP contribution in [0.15, 0.2) is 30.5 Å². The Labute approximate surface area is 108 Å². The number of imidazole rings is 1. The summed E-state index contributed by atoms with van der Waals surface area (Å²) in [6.45, 7) is 6.26. The first-order valence-electron chi connectivity index (χ1n) is 6.45. The Hall–Kier alpha value is -1.61. The molecule has 0 saturated heterocycles. The highest BCUT2D eigenvalue weighted by Gasteiger charge is 2.23. The summed E-state index contributed by atoms with van der Waals surface area (Å²) in [7, 11) is 0. The molecule has 0 amide bonds. The van der Waals surface area contributed by atoms with E-state index in [1.165, 1.54) is 11.1 Å². The van der Waals surface area contributed by atoms with Gasteiger partial charge in [-0.1, -0.05) is 37.6 Å². The van der Waals surface area contributed by atoms with Gasteiger partial charge in [0, 0.05) is 5.56 Å². The zero-order valence-electron chi connectivity index (χ0n) is 11.3. The van der Waals surface area contributed by atoms with Gasteiger partial charge in [0.05, 0.1) is 17.4 Å². The highest BCUT2D eigenvalue weighted by atomic mass is 15.0. The van der Waals surface area contributed by atoms with Crippen LogP contribution in [0.25, 0.3) is 11.3 Å². The number of aryl methyl sites for hydroxylation is 1. The Morgan fingerprint density at radius 2 is 2.06 bits per heavy atom. The number of nitrogens with two attached hydrogens (primary N) is 1. The first-order valence-corrected chi connectivity index (χ1v) is 6.45. The second-order valence-electron chi connectivity index (χ2n) is 5.13. The smallest absolute Gasteiger partial charge is 0.126 e. The molecule has 0 saturated carbocycles. The highest BCUT2D eigenvalue weighted by molar-refractivity contribution is 5.62. The van der Waals surface area contributed by atoms with Crippen molar-refractivity contribution in [1.82, 2.24) is 9.97 Å². The molecule has 0 radical (unpaired) electrons. The number of H-pyrrole nitrogens is 1. The van der Waals surface area contributed by atoms with Crippen molar-refractivity contribution in [1.29, 1.82) is 0 Å². The van der Waals surface area contributed by atoms with Gasteiger partial charge in [-0.15, -0.1) is 0 Å². The van der Waals surface area contributed by atoms with E-state index in [9.17, 15) is 0 Å². The van der Waals surface area contributed by atoms with Crippen LogP contribution in [0.1, 0.15) is 38.1 Å². The van der Waals surface area contributed by atoms with Crippen LogP contribution in [0.5, 0.6) is 0 Å². The van der Waals surface area contributed by atoms with Gasteiger partial charge in [-0.25, -0.2) is 4.98 Å². The minimum atomic E-state index is -0.379. The van der Waals surface area contributed by atoms with E-state index in [1.807, 2.05) is 25.3 Å². The van der Waals surface area contributed by atoms with Crippen molar-refractivity contribution in [3.05, 3.63) is 41.9 Å². The van der Waals surface area contributed by atoms with Crippen molar-refractivity contribution >= 4 is 0 Å².